The van der Waals surface area contributed by atoms with E-state index in [2.05, 4.69) is 0 Å². The van der Waals surface area contributed by atoms with Gasteiger partial charge < -0.3 is 14.2 Å². The molecular formula is C11H16O4. The van der Waals surface area contributed by atoms with E-state index in [9.17, 15) is 4.79 Å². The van der Waals surface area contributed by atoms with Crippen molar-refractivity contribution in [2.45, 2.75) is 38.1 Å². The molecule has 1 unspecified atom stereocenters. The van der Waals surface area contributed by atoms with Crippen LogP contribution in [0.3, 0.4) is 0 Å². The van der Waals surface area contributed by atoms with Crippen LogP contribution >= 0.6 is 0 Å². The Labute approximate surface area is 89.2 Å². The van der Waals surface area contributed by atoms with Gasteiger partial charge in [0, 0.05) is 13.3 Å². The van der Waals surface area contributed by atoms with Crippen LogP contribution in [0.25, 0.3) is 0 Å². The molecule has 0 radical (unpaired) electrons. The van der Waals surface area contributed by atoms with E-state index in [1.165, 1.54) is 6.92 Å². The van der Waals surface area contributed by atoms with E-state index >= 15 is 0 Å². The lowest BCUT2D eigenvalue weighted by Gasteiger charge is -2.42. The van der Waals surface area contributed by atoms with Crippen molar-refractivity contribution in [1.29, 1.82) is 0 Å². The number of hydrogen-bond donors (Lipinski definition) is 0. The fourth-order valence-electron chi connectivity index (χ4n) is 2.03. The minimum atomic E-state index is -0.724. The van der Waals surface area contributed by atoms with Gasteiger partial charge in [0.25, 0.3) is 0 Å². The lowest BCUT2D eigenvalue weighted by molar-refractivity contribution is -0.292. The summed E-state index contributed by atoms with van der Waals surface area (Å²) in [6.07, 6.45) is 6.19. The Morgan fingerprint density at radius 1 is 1.47 bits per heavy atom. The molecule has 2 atom stereocenters. The van der Waals surface area contributed by atoms with Gasteiger partial charge in [-0.2, -0.15) is 0 Å². The lowest BCUT2D eigenvalue weighted by Crippen LogP contribution is -2.52. The summed E-state index contributed by atoms with van der Waals surface area (Å²) in [6, 6.07) is 0. The van der Waals surface area contributed by atoms with Gasteiger partial charge in [0.05, 0.1) is 13.2 Å². The molecule has 0 aromatic carbocycles. The summed E-state index contributed by atoms with van der Waals surface area (Å²) in [4.78, 5) is 11.0. The van der Waals surface area contributed by atoms with E-state index in [0.29, 0.717) is 13.2 Å². The first-order valence-corrected chi connectivity index (χ1v) is 5.35. The van der Waals surface area contributed by atoms with Gasteiger partial charge in [-0.05, 0) is 18.9 Å². The highest BCUT2D eigenvalue weighted by molar-refractivity contribution is 5.66. The van der Waals surface area contributed by atoms with E-state index in [4.69, 9.17) is 14.2 Å². The Morgan fingerprint density at radius 3 is 3.00 bits per heavy atom. The standard InChI is InChI=1S/C11H16O4/c1-9(12)15-10-5-4-8-14-11(10)6-2-3-7-13-11/h4-5,10H,2-3,6-8H2,1H3/t10-,11?/m0/s1. The monoisotopic (exact) mass is 212 g/mol. The van der Waals surface area contributed by atoms with Crippen molar-refractivity contribution >= 4 is 5.97 Å². The van der Waals surface area contributed by atoms with Crippen LogP contribution in [0.2, 0.25) is 0 Å². The van der Waals surface area contributed by atoms with E-state index in [0.717, 1.165) is 19.3 Å². The second-order valence-electron chi connectivity index (χ2n) is 3.89. The zero-order valence-corrected chi connectivity index (χ0v) is 8.90. The highest BCUT2D eigenvalue weighted by Crippen LogP contribution is 2.34. The third kappa shape index (κ3) is 2.21. The summed E-state index contributed by atoms with van der Waals surface area (Å²) in [5, 5.41) is 0. The number of carbonyl (C=O) groups excluding carboxylic acids is 1. The molecule has 4 heteroatoms. The SMILES string of the molecule is CC(=O)O[C@H]1C=CCOC12CCCCO2. The maximum absolute atomic E-state index is 11.0. The maximum Gasteiger partial charge on any atom is 0.303 e. The molecule has 0 aliphatic carbocycles. The Kier molecular flexibility index (Phi) is 3.07. The Hall–Kier alpha value is -0.870. The molecule has 2 heterocycles. The van der Waals surface area contributed by atoms with Crippen molar-refractivity contribution < 1.29 is 19.0 Å². The predicted molar refractivity (Wildman–Crippen MR) is 53.2 cm³/mol. The van der Waals surface area contributed by atoms with E-state index in [-0.39, 0.29) is 5.97 Å². The fourth-order valence-corrected chi connectivity index (χ4v) is 2.03. The number of rotatable bonds is 1. The number of esters is 1. The van der Waals surface area contributed by atoms with Gasteiger partial charge in [0.15, 0.2) is 6.10 Å². The molecule has 1 fully saturated rings. The average Bonchev–Trinajstić information content (AvgIpc) is 2.23. The number of carbonyl (C=O) groups is 1. The normalized spacial score (nSPS) is 35.4. The summed E-state index contributed by atoms with van der Waals surface area (Å²) >= 11 is 0. The smallest absolute Gasteiger partial charge is 0.303 e. The van der Waals surface area contributed by atoms with Crippen molar-refractivity contribution in [2.75, 3.05) is 13.2 Å². The first-order chi connectivity index (χ1) is 7.23. The largest absolute Gasteiger partial charge is 0.453 e. The summed E-state index contributed by atoms with van der Waals surface area (Å²) in [6.45, 7) is 2.60. The van der Waals surface area contributed by atoms with Crippen LogP contribution in [-0.4, -0.2) is 31.1 Å². The van der Waals surface area contributed by atoms with Crippen molar-refractivity contribution in [3.63, 3.8) is 0 Å². The molecule has 0 bridgehead atoms. The molecule has 2 aliphatic rings. The zero-order chi connectivity index (χ0) is 10.7. The Balaban J connectivity index is 2.12. The van der Waals surface area contributed by atoms with E-state index in [1.54, 1.807) is 0 Å². The molecule has 0 amide bonds. The van der Waals surface area contributed by atoms with Gasteiger partial charge in [-0.25, -0.2) is 0 Å². The topological polar surface area (TPSA) is 44.8 Å². The summed E-state index contributed by atoms with van der Waals surface area (Å²) < 4.78 is 16.5. The van der Waals surface area contributed by atoms with Crippen LogP contribution in [0.15, 0.2) is 12.2 Å². The van der Waals surface area contributed by atoms with E-state index in [1.807, 2.05) is 12.2 Å². The van der Waals surface area contributed by atoms with Crippen molar-refractivity contribution in [2.24, 2.45) is 0 Å². The Morgan fingerprint density at radius 2 is 2.33 bits per heavy atom. The highest BCUT2D eigenvalue weighted by atomic mass is 16.7. The van der Waals surface area contributed by atoms with Crippen molar-refractivity contribution in [3.8, 4) is 0 Å². The molecular weight excluding hydrogens is 196 g/mol. The average molecular weight is 212 g/mol. The number of hydrogen-bond acceptors (Lipinski definition) is 4. The van der Waals surface area contributed by atoms with Gasteiger partial charge >= 0.3 is 5.97 Å². The molecule has 84 valence electrons. The number of ether oxygens (including phenoxy) is 3. The van der Waals surface area contributed by atoms with Crippen LogP contribution in [0.4, 0.5) is 0 Å². The third-order valence-electron chi connectivity index (χ3n) is 2.73. The lowest BCUT2D eigenvalue weighted by atomic mass is 9.97. The van der Waals surface area contributed by atoms with Gasteiger partial charge in [-0.15, -0.1) is 0 Å². The molecule has 15 heavy (non-hydrogen) atoms. The summed E-state index contributed by atoms with van der Waals surface area (Å²) in [7, 11) is 0. The first kappa shape index (κ1) is 10.6. The molecule has 2 aliphatic heterocycles. The van der Waals surface area contributed by atoms with Crippen molar-refractivity contribution in [3.05, 3.63) is 12.2 Å². The predicted octanol–water partition coefficient (Wildman–Crippen LogP) is 1.40. The Bertz CT molecular complexity index is 266. The molecule has 0 aromatic rings. The zero-order valence-electron chi connectivity index (χ0n) is 8.90. The van der Waals surface area contributed by atoms with Gasteiger partial charge in [0.1, 0.15) is 0 Å². The molecule has 1 saturated heterocycles. The molecule has 2 rings (SSSR count). The second kappa shape index (κ2) is 4.33. The first-order valence-electron chi connectivity index (χ1n) is 5.35. The van der Waals surface area contributed by atoms with E-state index < -0.39 is 11.9 Å². The third-order valence-corrected chi connectivity index (χ3v) is 2.73. The van der Waals surface area contributed by atoms with Crippen LogP contribution in [-0.2, 0) is 19.0 Å². The molecule has 0 aromatic heterocycles. The second-order valence-corrected chi connectivity index (χ2v) is 3.89. The summed E-state index contributed by atoms with van der Waals surface area (Å²) in [5.74, 6) is -1.03. The molecule has 4 nitrogen and oxygen atoms in total. The van der Waals surface area contributed by atoms with Gasteiger partial charge in [-0.3, -0.25) is 4.79 Å². The van der Waals surface area contributed by atoms with Crippen LogP contribution < -0.4 is 0 Å². The minimum absolute atomic E-state index is 0.302. The van der Waals surface area contributed by atoms with Crippen LogP contribution in [0.1, 0.15) is 26.2 Å². The maximum atomic E-state index is 11.0. The van der Waals surface area contributed by atoms with Crippen LogP contribution in [0.5, 0.6) is 0 Å². The van der Waals surface area contributed by atoms with Crippen LogP contribution in [0, 0.1) is 0 Å². The van der Waals surface area contributed by atoms with Gasteiger partial charge in [0.2, 0.25) is 5.79 Å². The molecule has 0 saturated carbocycles. The molecule has 1 spiro atoms. The quantitative estimate of drug-likeness (QED) is 0.487. The highest BCUT2D eigenvalue weighted by Gasteiger charge is 2.44. The van der Waals surface area contributed by atoms with Crippen molar-refractivity contribution in [1.82, 2.24) is 0 Å². The fraction of sp³-hybridized carbons (Fsp3) is 0.727. The molecule has 0 N–H and O–H groups in total. The summed E-state index contributed by atoms with van der Waals surface area (Å²) in [5.41, 5.74) is 0. The minimum Gasteiger partial charge on any atom is -0.453 e. The van der Waals surface area contributed by atoms with Gasteiger partial charge in [-0.1, -0.05) is 6.08 Å².